The summed E-state index contributed by atoms with van der Waals surface area (Å²) in [6, 6.07) is 5.98. The van der Waals surface area contributed by atoms with Gasteiger partial charge in [-0.15, -0.1) is 0 Å². The molecule has 1 unspecified atom stereocenters. The second-order valence-corrected chi connectivity index (χ2v) is 8.91. The number of hydrogen-bond donors (Lipinski definition) is 0. The minimum Gasteiger partial charge on any atom is -0.465 e. The predicted octanol–water partition coefficient (Wildman–Crippen LogP) is 2.60. The van der Waals surface area contributed by atoms with E-state index in [1.165, 1.54) is 12.1 Å². The Morgan fingerprint density at radius 3 is 2.26 bits per heavy atom. The Bertz CT molecular complexity index is 811. The molecular formula is C18H25NO7S. The van der Waals surface area contributed by atoms with Crippen molar-refractivity contribution in [1.29, 1.82) is 0 Å². The number of carbonyl (C=O) groups is 2. The van der Waals surface area contributed by atoms with E-state index in [-0.39, 0.29) is 17.9 Å². The highest BCUT2D eigenvalue weighted by molar-refractivity contribution is 7.86. The minimum atomic E-state index is -4.33. The van der Waals surface area contributed by atoms with Gasteiger partial charge in [0, 0.05) is 13.0 Å². The third kappa shape index (κ3) is 4.59. The molecule has 9 heteroatoms. The number of ether oxygens (including phenoxy) is 2. The molecule has 1 atom stereocenters. The van der Waals surface area contributed by atoms with Crippen LogP contribution < -0.4 is 0 Å². The van der Waals surface area contributed by atoms with Gasteiger partial charge in [-0.05, 0) is 46.2 Å². The van der Waals surface area contributed by atoms with Gasteiger partial charge in [-0.25, -0.2) is 13.8 Å². The Morgan fingerprint density at radius 2 is 1.74 bits per heavy atom. The molecule has 1 saturated heterocycles. The van der Waals surface area contributed by atoms with Crippen molar-refractivity contribution in [3.63, 3.8) is 0 Å². The van der Waals surface area contributed by atoms with Crippen LogP contribution in [0.15, 0.2) is 29.2 Å². The Morgan fingerprint density at radius 1 is 1.15 bits per heavy atom. The van der Waals surface area contributed by atoms with Gasteiger partial charge < -0.3 is 9.47 Å². The van der Waals surface area contributed by atoms with Crippen LogP contribution in [-0.2, 0) is 28.6 Å². The molecule has 0 N–H and O–H groups in total. The summed E-state index contributed by atoms with van der Waals surface area (Å²) in [6.07, 6.45) is -0.508. The van der Waals surface area contributed by atoms with Crippen molar-refractivity contribution in [1.82, 2.24) is 4.90 Å². The maximum Gasteiger partial charge on any atom is 0.413 e. The third-order valence-electron chi connectivity index (χ3n) is 4.01. The number of hydrogen-bond acceptors (Lipinski definition) is 7. The van der Waals surface area contributed by atoms with Gasteiger partial charge in [0.2, 0.25) is 0 Å². The summed E-state index contributed by atoms with van der Waals surface area (Å²) in [5, 5.41) is 0. The van der Waals surface area contributed by atoms with Crippen LogP contribution in [0.1, 0.15) is 39.2 Å². The Labute approximate surface area is 159 Å². The number of methoxy groups -OCH3 is 1. The van der Waals surface area contributed by atoms with E-state index in [4.69, 9.17) is 13.7 Å². The molecule has 1 aliphatic rings. The van der Waals surface area contributed by atoms with E-state index in [1.54, 1.807) is 32.9 Å². The summed E-state index contributed by atoms with van der Waals surface area (Å²) in [5.74, 6) is -0.971. The molecule has 1 aromatic rings. The van der Waals surface area contributed by atoms with Gasteiger partial charge in [0.15, 0.2) is 0 Å². The first-order valence-corrected chi connectivity index (χ1v) is 9.93. The van der Waals surface area contributed by atoms with Gasteiger partial charge in [0.25, 0.3) is 15.8 Å². The molecule has 0 bridgehead atoms. The van der Waals surface area contributed by atoms with Gasteiger partial charge in [-0.1, -0.05) is 17.7 Å². The van der Waals surface area contributed by atoms with E-state index in [0.717, 1.165) is 17.6 Å². The molecular weight excluding hydrogens is 374 g/mol. The molecule has 8 nitrogen and oxygen atoms in total. The number of nitrogens with zero attached hydrogens (tertiary/aromatic N) is 1. The smallest absolute Gasteiger partial charge is 0.413 e. The van der Waals surface area contributed by atoms with E-state index in [1.807, 2.05) is 6.92 Å². The van der Waals surface area contributed by atoms with Crippen molar-refractivity contribution in [3.05, 3.63) is 29.8 Å². The number of benzene rings is 1. The van der Waals surface area contributed by atoms with Crippen LogP contribution in [0.4, 0.5) is 4.79 Å². The van der Waals surface area contributed by atoms with Crippen molar-refractivity contribution < 1.29 is 31.7 Å². The molecule has 2 rings (SSSR count). The minimum absolute atomic E-state index is 0.0238. The highest BCUT2D eigenvalue weighted by Crippen LogP contribution is 2.36. The van der Waals surface area contributed by atoms with E-state index >= 15 is 0 Å². The quantitative estimate of drug-likeness (QED) is 0.567. The number of amides is 1. The van der Waals surface area contributed by atoms with Crippen LogP contribution in [0.2, 0.25) is 0 Å². The molecule has 0 aromatic heterocycles. The van der Waals surface area contributed by atoms with Crippen LogP contribution in [0.3, 0.4) is 0 Å². The molecule has 1 aliphatic heterocycles. The molecule has 0 saturated carbocycles. The zero-order valence-corrected chi connectivity index (χ0v) is 17.0. The van der Waals surface area contributed by atoms with Crippen LogP contribution in [0.25, 0.3) is 0 Å². The van der Waals surface area contributed by atoms with Crippen molar-refractivity contribution in [2.75, 3.05) is 13.7 Å². The summed E-state index contributed by atoms with van der Waals surface area (Å²) < 4.78 is 41.0. The molecule has 1 fully saturated rings. The lowest BCUT2D eigenvalue weighted by Crippen LogP contribution is -2.57. The van der Waals surface area contributed by atoms with E-state index in [9.17, 15) is 18.0 Å². The standard InChI is InChI=1S/C18H25NO7S/c1-13-7-9-14(10-8-13)27(22,23)26-18(15(20)24-5)11-6-12-19(18)16(21)25-17(2,3)4/h7-10H,6,11-12H2,1-5H3. The lowest BCUT2D eigenvalue weighted by atomic mass is 10.1. The zero-order chi connectivity index (χ0) is 20.5. The van der Waals surface area contributed by atoms with Crippen molar-refractivity contribution >= 4 is 22.2 Å². The third-order valence-corrected chi connectivity index (χ3v) is 5.35. The van der Waals surface area contributed by atoms with Gasteiger partial charge in [-0.3, -0.25) is 4.90 Å². The number of esters is 1. The predicted molar refractivity (Wildman–Crippen MR) is 96.4 cm³/mol. The van der Waals surface area contributed by atoms with Gasteiger partial charge >= 0.3 is 12.1 Å². The second-order valence-electron chi connectivity index (χ2n) is 7.36. The number of carbonyl (C=O) groups excluding carboxylic acids is 2. The SMILES string of the molecule is COC(=O)C1(OS(=O)(=O)c2ccc(C)cc2)CCCN1C(=O)OC(C)(C)C. The fraction of sp³-hybridized carbons (Fsp3) is 0.556. The van der Waals surface area contributed by atoms with Crippen molar-refractivity contribution in [2.45, 2.75) is 56.8 Å². The molecule has 1 aromatic carbocycles. The van der Waals surface area contributed by atoms with E-state index in [0.29, 0.717) is 6.42 Å². The van der Waals surface area contributed by atoms with Gasteiger partial charge in [0.1, 0.15) is 5.60 Å². The normalized spacial score (nSPS) is 20.4. The average Bonchev–Trinajstić information content (AvgIpc) is 2.97. The summed E-state index contributed by atoms with van der Waals surface area (Å²) in [4.78, 5) is 26.0. The van der Waals surface area contributed by atoms with Crippen LogP contribution in [0, 0.1) is 6.92 Å². The second kappa shape index (κ2) is 7.47. The first-order valence-electron chi connectivity index (χ1n) is 8.53. The monoisotopic (exact) mass is 399 g/mol. The summed E-state index contributed by atoms with van der Waals surface area (Å²) in [7, 11) is -3.23. The highest BCUT2D eigenvalue weighted by atomic mass is 32.2. The molecule has 0 radical (unpaired) electrons. The maximum absolute atomic E-state index is 12.8. The first kappa shape index (κ1) is 21.2. The molecule has 1 amide bonds. The Hall–Kier alpha value is -2.13. The molecule has 150 valence electrons. The molecule has 0 aliphatic carbocycles. The number of rotatable bonds is 4. The molecule has 1 heterocycles. The van der Waals surface area contributed by atoms with Crippen LogP contribution >= 0.6 is 0 Å². The zero-order valence-electron chi connectivity index (χ0n) is 16.1. The Kier molecular flexibility index (Phi) is 5.86. The highest BCUT2D eigenvalue weighted by Gasteiger charge is 2.56. The summed E-state index contributed by atoms with van der Waals surface area (Å²) in [5.41, 5.74) is -2.05. The fourth-order valence-corrected chi connectivity index (χ4v) is 3.95. The van der Waals surface area contributed by atoms with Crippen LogP contribution in [-0.4, -0.2) is 50.4 Å². The lowest BCUT2D eigenvalue weighted by molar-refractivity contribution is -0.172. The summed E-state index contributed by atoms with van der Waals surface area (Å²) in [6.45, 7) is 6.93. The number of aryl methyl sites for hydroxylation is 1. The molecule has 0 spiro atoms. The fourth-order valence-electron chi connectivity index (χ4n) is 2.78. The van der Waals surface area contributed by atoms with Crippen molar-refractivity contribution in [2.24, 2.45) is 0 Å². The average molecular weight is 399 g/mol. The Balaban J connectivity index is 2.42. The summed E-state index contributed by atoms with van der Waals surface area (Å²) >= 11 is 0. The van der Waals surface area contributed by atoms with Gasteiger partial charge in [0.05, 0.1) is 12.0 Å². The largest absolute Gasteiger partial charge is 0.465 e. The first-order chi connectivity index (χ1) is 12.4. The van der Waals surface area contributed by atoms with E-state index < -0.39 is 33.5 Å². The lowest BCUT2D eigenvalue weighted by Gasteiger charge is -2.35. The topological polar surface area (TPSA) is 99.2 Å². The number of likely N-dealkylation sites (tertiary alicyclic amines) is 1. The molecule has 27 heavy (non-hydrogen) atoms. The van der Waals surface area contributed by atoms with Crippen molar-refractivity contribution in [3.8, 4) is 0 Å². The van der Waals surface area contributed by atoms with Crippen LogP contribution in [0.5, 0.6) is 0 Å². The maximum atomic E-state index is 12.8. The van der Waals surface area contributed by atoms with E-state index in [2.05, 4.69) is 0 Å². The van der Waals surface area contributed by atoms with Gasteiger partial charge in [-0.2, -0.15) is 8.42 Å².